The van der Waals surface area contributed by atoms with Crippen LogP contribution in [0.25, 0.3) is 0 Å². The molecule has 0 saturated heterocycles. The Balaban J connectivity index is 1.97. The molecular formula is C20H19BrFN3O6. The monoisotopic (exact) mass is 495 g/mol. The normalized spacial score (nSPS) is 11.5. The van der Waals surface area contributed by atoms with E-state index in [-0.39, 0.29) is 21.4 Å². The summed E-state index contributed by atoms with van der Waals surface area (Å²) in [6, 6.07) is 7.97. The number of hydrogen-bond donors (Lipinski definition) is 2. The lowest BCUT2D eigenvalue weighted by molar-refractivity contribution is -0.384. The van der Waals surface area contributed by atoms with Gasteiger partial charge in [0.15, 0.2) is 6.61 Å². The second-order valence-corrected chi connectivity index (χ2v) is 7.61. The van der Waals surface area contributed by atoms with Gasteiger partial charge in [-0.2, -0.15) is 0 Å². The highest BCUT2D eigenvalue weighted by Gasteiger charge is 2.27. The molecule has 2 rings (SSSR count). The predicted octanol–water partition coefficient (Wildman–Crippen LogP) is 3.43. The third-order valence-electron chi connectivity index (χ3n) is 4.11. The van der Waals surface area contributed by atoms with Crippen LogP contribution >= 0.6 is 15.9 Å². The maximum absolute atomic E-state index is 13.8. The predicted molar refractivity (Wildman–Crippen MR) is 113 cm³/mol. The largest absolute Gasteiger partial charge is 0.454 e. The molecule has 0 radical (unpaired) electrons. The van der Waals surface area contributed by atoms with Gasteiger partial charge in [0.05, 0.1) is 16.2 Å². The molecule has 2 aromatic carbocycles. The Labute approximate surface area is 185 Å². The molecule has 2 N–H and O–H groups in total. The van der Waals surface area contributed by atoms with E-state index in [1.807, 2.05) is 0 Å². The third-order valence-corrected chi connectivity index (χ3v) is 4.76. The van der Waals surface area contributed by atoms with Crippen LogP contribution < -0.4 is 10.6 Å². The van der Waals surface area contributed by atoms with Crippen molar-refractivity contribution in [2.75, 3.05) is 11.9 Å². The first-order chi connectivity index (χ1) is 14.6. The molecule has 9 nitrogen and oxygen atoms in total. The Bertz CT molecular complexity index is 1010. The summed E-state index contributed by atoms with van der Waals surface area (Å²) in [6.45, 7) is 2.66. The summed E-state index contributed by atoms with van der Waals surface area (Å²) < 4.78 is 19.0. The van der Waals surface area contributed by atoms with E-state index in [0.29, 0.717) is 0 Å². The summed E-state index contributed by atoms with van der Waals surface area (Å²) in [7, 11) is 0. The van der Waals surface area contributed by atoms with E-state index in [2.05, 4.69) is 26.6 Å². The number of hydrogen-bond acceptors (Lipinski definition) is 6. The number of amides is 2. The van der Waals surface area contributed by atoms with Crippen molar-refractivity contribution in [2.24, 2.45) is 5.92 Å². The Kier molecular flexibility index (Phi) is 8.20. The Morgan fingerprint density at radius 3 is 2.45 bits per heavy atom. The smallest absolute Gasteiger partial charge is 0.329 e. The molecule has 11 heteroatoms. The lowest BCUT2D eigenvalue weighted by atomic mass is 10.0. The van der Waals surface area contributed by atoms with Crippen molar-refractivity contribution in [1.29, 1.82) is 0 Å². The van der Waals surface area contributed by atoms with Crippen molar-refractivity contribution in [1.82, 2.24) is 5.32 Å². The number of non-ortho nitro benzene ring substituents is 1. The van der Waals surface area contributed by atoms with Gasteiger partial charge in [0.1, 0.15) is 11.9 Å². The van der Waals surface area contributed by atoms with Crippen LogP contribution in [-0.2, 0) is 14.3 Å². The molecule has 0 saturated carbocycles. The second kappa shape index (κ2) is 10.6. The number of benzene rings is 2. The lowest BCUT2D eigenvalue weighted by Gasteiger charge is -2.21. The van der Waals surface area contributed by atoms with Crippen molar-refractivity contribution in [3.63, 3.8) is 0 Å². The molecule has 0 heterocycles. The number of ether oxygens (including phenoxy) is 1. The quantitative estimate of drug-likeness (QED) is 0.328. The first-order valence-electron chi connectivity index (χ1n) is 9.06. The second-order valence-electron chi connectivity index (χ2n) is 6.75. The first kappa shape index (κ1) is 23.9. The minimum atomic E-state index is -1.11. The van der Waals surface area contributed by atoms with Gasteiger partial charge in [-0.05, 0) is 40.0 Å². The zero-order chi connectivity index (χ0) is 23.1. The zero-order valence-electron chi connectivity index (χ0n) is 16.6. The summed E-state index contributed by atoms with van der Waals surface area (Å²) in [5, 5.41) is 15.6. The van der Waals surface area contributed by atoms with Crippen LogP contribution in [0.3, 0.4) is 0 Å². The molecule has 0 aliphatic carbocycles. The maximum atomic E-state index is 13.8. The molecular weight excluding hydrogens is 477 g/mol. The minimum absolute atomic E-state index is 0.165. The van der Waals surface area contributed by atoms with Crippen molar-refractivity contribution >= 4 is 45.1 Å². The molecule has 31 heavy (non-hydrogen) atoms. The first-order valence-corrected chi connectivity index (χ1v) is 9.85. The van der Waals surface area contributed by atoms with E-state index >= 15 is 0 Å². The molecule has 1 atom stereocenters. The van der Waals surface area contributed by atoms with E-state index in [1.54, 1.807) is 13.8 Å². The van der Waals surface area contributed by atoms with Crippen molar-refractivity contribution in [3.8, 4) is 0 Å². The van der Waals surface area contributed by atoms with Gasteiger partial charge in [-0.3, -0.25) is 19.7 Å². The number of rotatable bonds is 8. The summed E-state index contributed by atoms with van der Waals surface area (Å²) in [4.78, 5) is 46.9. The van der Waals surface area contributed by atoms with Crippen LogP contribution in [0.5, 0.6) is 0 Å². The highest BCUT2D eigenvalue weighted by molar-refractivity contribution is 9.10. The topological polar surface area (TPSA) is 128 Å². The van der Waals surface area contributed by atoms with Crippen LogP contribution in [0.1, 0.15) is 24.2 Å². The molecule has 2 aromatic rings. The molecule has 0 spiro atoms. The van der Waals surface area contributed by atoms with Gasteiger partial charge in [-0.15, -0.1) is 0 Å². The molecule has 0 fully saturated rings. The Morgan fingerprint density at radius 1 is 1.19 bits per heavy atom. The zero-order valence-corrected chi connectivity index (χ0v) is 18.1. The Hall–Kier alpha value is -3.34. The number of nitrogens with one attached hydrogen (secondary N) is 2. The van der Waals surface area contributed by atoms with Gasteiger partial charge >= 0.3 is 5.97 Å². The van der Waals surface area contributed by atoms with E-state index in [0.717, 1.165) is 6.07 Å². The highest BCUT2D eigenvalue weighted by atomic mass is 79.9. The van der Waals surface area contributed by atoms with E-state index in [1.165, 1.54) is 36.4 Å². The fourth-order valence-corrected chi connectivity index (χ4v) is 2.96. The summed E-state index contributed by atoms with van der Waals surface area (Å²) >= 11 is 3.12. The van der Waals surface area contributed by atoms with Crippen LogP contribution in [0, 0.1) is 21.8 Å². The molecule has 0 bridgehead atoms. The molecule has 164 valence electrons. The van der Waals surface area contributed by atoms with Gasteiger partial charge in [0, 0.05) is 16.6 Å². The average molecular weight is 496 g/mol. The maximum Gasteiger partial charge on any atom is 0.329 e. The molecule has 0 aliphatic heterocycles. The number of halogens is 2. The van der Waals surface area contributed by atoms with Crippen LogP contribution in [0.4, 0.5) is 15.8 Å². The number of anilines is 1. The van der Waals surface area contributed by atoms with Crippen LogP contribution in [-0.4, -0.2) is 35.4 Å². The van der Waals surface area contributed by atoms with E-state index in [9.17, 15) is 28.9 Å². The summed E-state index contributed by atoms with van der Waals surface area (Å²) in [5.74, 6) is -3.46. The van der Waals surface area contributed by atoms with Crippen LogP contribution in [0.2, 0.25) is 0 Å². The molecule has 0 aliphatic rings. The van der Waals surface area contributed by atoms with Gasteiger partial charge < -0.3 is 15.4 Å². The number of nitro benzene ring substituents is 1. The standard InChI is InChI=1S/C20H19BrFN3O6/c1-11(2)18(24-19(27)13-5-3-4-6-15(13)22)20(28)31-10-17(26)23-16-8-7-12(25(29)30)9-14(16)21/h3-9,11,18H,10H2,1-2H3,(H,23,26)(H,24,27)/t18-/m0/s1. The number of nitrogens with zero attached hydrogens (tertiary/aromatic N) is 1. The summed E-state index contributed by atoms with van der Waals surface area (Å²) in [5.41, 5.74) is -0.136. The fraction of sp³-hybridized carbons (Fsp3) is 0.250. The SMILES string of the molecule is CC(C)[C@H](NC(=O)c1ccccc1F)C(=O)OCC(=O)Nc1ccc([N+](=O)[O-])cc1Br. The number of esters is 1. The number of nitro groups is 1. The van der Waals surface area contributed by atoms with E-state index < -0.39 is 47.1 Å². The van der Waals surface area contributed by atoms with Crippen molar-refractivity contribution in [3.05, 3.63) is 68.4 Å². The lowest BCUT2D eigenvalue weighted by Crippen LogP contribution is -2.46. The highest BCUT2D eigenvalue weighted by Crippen LogP contribution is 2.27. The minimum Gasteiger partial charge on any atom is -0.454 e. The van der Waals surface area contributed by atoms with E-state index in [4.69, 9.17) is 4.74 Å². The van der Waals surface area contributed by atoms with Gasteiger partial charge in [0.25, 0.3) is 17.5 Å². The van der Waals surface area contributed by atoms with Gasteiger partial charge in [-0.25, -0.2) is 9.18 Å². The molecule has 0 unspecified atom stereocenters. The average Bonchev–Trinajstić information content (AvgIpc) is 2.71. The van der Waals surface area contributed by atoms with Crippen molar-refractivity contribution in [2.45, 2.75) is 19.9 Å². The third kappa shape index (κ3) is 6.57. The molecule has 0 aromatic heterocycles. The number of carbonyl (C=O) groups excluding carboxylic acids is 3. The summed E-state index contributed by atoms with van der Waals surface area (Å²) in [6.07, 6.45) is 0. The van der Waals surface area contributed by atoms with Gasteiger partial charge in [-0.1, -0.05) is 26.0 Å². The Morgan fingerprint density at radius 2 is 1.87 bits per heavy atom. The number of carbonyl (C=O) groups is 3. The fourth-order valence-electron chi connectivity index (χ4n) is 2.49. The van der Waals surface area contributed by atoms with Gasteiger partial charge in [0.2, 0.25) is 0 Å². The van der Waals surface area contributed by atoms with Crippen LogP contribution in [0.15, 0.2) is 46.9 Å². The molecule has 2 amide bonds. The van der Waals surface area contributed by atoms with Crippen molar-refractivity contribution < 1.29 is 28.4 Å².